The van der Waals surface area contributed by atoms with Gasteiger partial charge in [-0.1, -0.05) is 47.7 Å². The Morgan fingerprint density at radius 2 is 1.95 bits per heavy atom. The fraction of sp³-hybridized carbons (Fsp3) is 0.176. The van der Waals surface area contributed by atoms with Gasteiger partial charge in [0.2, 0.25) is 0 Å². The van der Waals surface area contributed by atoms with Crippen LogP contribution >= 0.6 is 11.8 Å². The van der Waals surface area contributed by atoms with E-state index in [0.29, 0.717) is 0 Å². The Balaban J connectivity index is 1.98. The lowest BCUT2D eigenvalue weighted by atomic mass is 10.1. The minimum Gasteiger partial charge on any atom is -0.360 e. The van der Waals surface area contributed by atoms with Crippen molar-refractivity contribution in [2.45, 2.75) is 23.3 Å². The summed E-state index contributed by atoms with van der Waals surface area (Å²) in [6.07, 6.45) is 2.10. The molecule has 2 nitrogen and oxygen atoms in total. The Labute approximate surface area is 123 Å². The Hall–Kier alpha value is -1.71. The van der Waals surface area contributed by atoms with Crippen LogP contribution < -0.4 is 5.32 Å². The predicted octanol–water partition coefficient (Wildman–Crippen LogP) is 4.35. The molecule has 2 aromatic carbocycles. The van der Waals surface area contributed by atoms with Crippen molar-refractivity contribution >= 4 is 22.7 Å². The molecular formula is C17H18N2S. The highest BCUT2D eigenvalue weighted by molar-refractivity contribution is 7.99. The first-order chi connectivity index (χ1) is 9.78. The lowest BCUT2D eigenvalue weighted by Gasteiger charge is -2.09. The zero-order valence-corrected chi connectivity index (χ0v) is 12.6. The van der Waals surface area contributed by atoms with Gasteiger partial charge in [0.05, 0.1) is 0 Å². The summed E-state index contributed by atoms with van der Waals surface area (Å²) in [6, 6.07) is 15.1. The molecule has 0 aliphatic carbocycles. The van der Waals surface area contributed by atoms with Gasteiger partial charge in [-0.3, -0.25) is 0 Å². The van der Waals surface area contributed by atoms with E-state index in [0.717, 1.165) is 6.54 Å². The number of fused-ring (bicyclic) bond motifs is 1. The molecule has 1 aromatic heterocycles. The number of H-pyrrole nitrogens is 1. The van der Waals surface area contributed by atoms with Crippen LogP contribution in [0, 0.1) is 6.92 Å². The Morgan fingerprint density at radius 1 is 1.10 bits per heavy atom. The molecule has 0 atom stereocenters. The summed E-state index contributed by atoms with van der Waals surface area (Å²) in [5.74, 6) is 0. The van der Waals surface area contributed by atoms with E-state index in [2.05, 4.69) is 65.9 Å². The molecule has 0 aliphatic rings. The Bertz CT molecular complexity index is 731. The summed E-state index contributed by atoms with van der Waals surface area (Å²) in [5.41, 5.74) is 3.85. The zero-order chi connectivity index (χ0) is 13.9. The Kier molecular flexibility index (Phi) is 3.81. The van der Waals surface area contributed by atoms with Crippen molar-refractivity contribution in [1.82, 2.24) is 10.3 Å². The van der Waals surface area contributed by atoms with Gasteiger partial charge in [-0.15, -0.1) is 0 Å². The average Bonchev–Trinajstić information content (AvgIpc) is 2.86. The molecule has 3 heteroatoms. The lowest BCUT2D eigenvalue weighted by molar-refractivity contribution is 0.802. The number of aryl methyl sites for hydroxylation is 1. The standard InChI is InChI=1S/C17H18N2S/c1-12-7-8-16(13(9-12)10-18-2)20-17-11-19-15-6-4-3-5-14(15)17/h3-9,11,18-19H,10H2,1-2H3. The maximum atomic E-state index is 3.33. The zero-order valence-electron chi connectivity index (χ0n) is 11.7. The molecule has 0 spiro atoms. The molecule has 20 heavy (non-hydrogen) atoms. The second kappa shape index (κ2) is 5.73. The number of benzene rings is 2. The monoisotopic (exact) mass is 282 g/mol. The van der Waals surface area contributed by atoms with E-state index in [1.54, 1.807) is 0 Å². The quantitative estimate of drug-likeness (QED) is 0.744. The van der Waals surface area contributed by atoms with Crippen LogP contribution in [-0.4, -0.2) is 12.0 Å². The van der Waals surface area contributed by atoms with Crippen molar-refractivity contribution in [3.8, 4) is 0 Å². The van der Waals surface area contributed by atoms with E-state index in [-0.39, 0.29) is 0 Å². The van der Waals surface area contributed by atoms with Crippen LogP contribution in [-0.2, 0) is 6.54 Å². The fourth-order valence-corrected chi connectivity index (χ4v) is 3.43. The second-order valence-electron chi connectivity index (χ2n) is 4.94. The number of hydrogen-bond acceptors (Lipinski definition) is 2. The number of rotatable bonds is 4. The van der Waals surface area contributed by atoms with Gasteiger partial charge in [-0.2, -0.15) is 0 Å². The number of hydrogen-bond donors (Lipinski definition) is 2. The van der Waals surface area contributed by atoms with E-state index in [1.165, 1.54) is 31.8 Å². The van der Waals surface area contributed by atoms with Gasteiger partial charge in [0.25, 0.3) is 0 Å². The normalized spacial score (nSPS) is 11.1. The molecule has 0 radical (unpaired) electrons. The summed E-state index contributed by atoms with van der Waals surface area (Å²) >= 11 is 1.83. The summed E-state index contributed by atoms with van der Waals surface area (Å²) in [7, 11) is 1.99. The second-order valence-corrected chi connectivity index (χ2v) is 6.03. The van der Waals surface area contributed by atoms with Gasteiger partial charge in [0.1, 0.15) is 0 Å². The molecule has 0 fully saturated rings. The maximum absolute atomic E-state index is 3.33. The highest BCUT2D eigenvalue weighted by atomic mass is 32.2. The first kappa shape index (κ1) is 13.3. The van der Waals surface area contributed by atoms with Crippen molar-refractivity contribution < 1.29 is 0 Å². The van der Waals surface area contributed by atoms with Crippen molar-refractivity contribution in [3.63, 3.8) is 0 Å². The number of nitrogens with one attached hydrogen (secondary N) is 2. The summed E-state index contributed by atoms with van der Waals surface area (Å²) in [6.45, 7) is 3.03. The summed E-state index contributed by atoms with van der Waals surface area (Å²) in [4.78, 5) is 5.93. The van der Waals surface area contributed by atoms with Gasteiger partial charge in [0, 0.05) is 33.4 Å². The molecular weight excluding hydrogens is 264 g/mol. The molecule has 3 rings (SSSR count). The fourth-order valence-electron chi connectivity index (χ4n) is 2.38. The maximum Gasteiger partial charge on any atom is 0.0465 e. The van der Waals surface area contributed by atoms with Gasteiger partial charge in [-0.25, -0.2) is 0 Å². The summed E-state index contributed by atoms with van der Waals surface area (Å²) < 4.78 is 0. The molecule has 102 valence electrons. The first-order valence-electron chi connectivity index (χ1n) is 6.76. The molecule has 2 N–H and O–H groups in total. The molecule has 0 bridgehead atoms. The largest absolute Gasteiger partial charge is 0.360 e. The van der Waals surface area contributed by atoms with Gasteiger partial charge < -0.3 is 10.3 Å². The van der Waals surface area contributed by atoms with Crippen LogP contribution in [0.1, 0.15) is 11.1 Å². The average molecular weight is 282 g/mol. The lowest BCUT2D eigenvalue weighted by Crippen LogP contribution is -2.06. The molecule has 0 unspecified atom stereocenters. The molecule has 0 amide bonds. The number of aromatic amines is 1. The van der Waals surface area contributed by atoms with Crippen LogP contribution in [0.3, 0.4) is 0 Å². The van der Waals surface area contributed by atoms with Gasteiger partial charge in [-0.05, 0) is 31.7 Å². The van der Waals surface area contributed by atoms with Crippen LogP contribution in [0.4, 0.5) is 0 Å². The minimum absolute atomic E-state index is 0.895. The summed E-state index contributed by atoms with van der Waals surface area (Å²) in [5, 5.41) is 4.53. The van der Waals surface area contributed by atoms with Gasteiger partial charge in [0.15, 0.2) is 0 Å². The van der Waals surface area contributed by atoms with Crippen molar-refractivity contribution in [2.24, 2.45) is 0 Å². The third-order valence-electron chi connectivity index (χ3n) is 3.35. The molecule has 0 saturated heterocycles. The van der Waals surface area contributed by atoms with E-state index in [9.17, 15) is 0 Å². The van der Waals surface area contributed by atoms with E-state index >= 15 is 0 Å². The van der Waals surface area contributed by atoms with E-state index in [1.807, 2.05) is 18.8 Å². The highest BCUT2D eigenvalue weighted by Gasteiger charge is 2.08. The van der Waals surface area contributed by atoms with Crippen molar-refractivity contribution in [1.29, 1.82) is 0 Å². The van der Waals surface area contributed by atoms with E-state index in [4.69, 9.17) is 0 Å². The molecule has 3 aromatic rings. The SMILES string of the molecule is CNCc1cc(C)ccc1Sc1c[nH]c2ccccc12. The van der Waals surface area contributed by atoms with Crippen molar-refractivity contribution in [3.05, 3.63) is 59.8 Å². The van der Waals surface area contributed by atoms with E-state index < -0.39 is 0 Å². The van der Waals surface area contributed by atoms with Gasteiger partial charge >= 0.3 is 0 Å². The van der Waals surface area contributed by atoms with Crippen LogP contribution in [0.2, 0.25) is 0 Å². The smallest absolute Gasteiger partial charge is 0.0465 e. The highest BCUT2D eigenvalue weighted by Crippen LogP contribution is 2.35. The van der Waals surface area contributed by atoms with Crippen molar-refractivity contribution in [2.75, 3.05) is 7.05 Å². The Morgan fingerprint density at radius 3 is 2.80 bits per heavy atom. The van der Waals surface area contributed by atoms with Crippen LogP contribution in [0.5, 0.6) is 0 Å². The van der Waals surface area contributed by atoms with Crippen LogP contribution in [0.25, 0.3) is 10.9 Å². The topological polar surface area (TPSA) is 27.8 Å². The molecule has 0 saturated carbocycles. The number of aromatic nitrogens is 1. The molecule has 0 aliphatic heterocycles. The first-order valence-corrected chi connectivity index (χ1v) is 7.57. The molecule has 1 heterocycles. The third-order valence-corrected chi connectivity index (χ3v) is 4.53. The minimum atomic E-state index is 0.895. The predicted molar refractivity (Wildman–Crippen MR) is 86.4 cm³/mol. The number of para-hydroxylation sites is 1. The van der Waals surface area contributed by atoms with Crippen LogP contribution in [0.15, 0.2) is 58.5 Å². The third kappa shape index (κ3) is 2.60.